The summed E-state index contributed by atoms with van der Waals surface area (Å²) in [5.74, 6) is 1.19. The van der Waals surface area contributed by atoms with Crippen LogP contribution in [-0.2, 0) is 0 Å². The van der Waals surface area contributed by atoms with Crippen molar-refractivity contribution >= 4 is 23.2 Å². The van der Waals surface area contributed by atoms with Crippen molar-refractivity contribution in [2.45, 2.75) is 0 Å². The molecular weight excluding hydrogens is 366 g/mol. The Hall–Kier alpha value is -3.61. The summed E-state index contributed by atoms with van der Waals surface area (Å²) >= 11 is 0. The van der Waals surface area contributed by atoms with E-state index >= 15 is 0 Å². The number of benzene rings is 2. The highest BCUT2D eigenvalue weighted by Crippen LogP contribution is 2.19. The van der Waals surface area contributed by atoms with Gasteiger partial charge in [-0.05, 0) is 36.4 Å². The molecule has 0 aliphatic carbocycles. The van der Waals surface area contributed by atoms with Gasteiger partial charge in [-0.25, -0.2) is 9.97 Å². The van der Waals surface area contributed by atoms with Crippen LogP contribution in [0.5, 0.6) is 5.75 Å². The van der Waals surface area contributed by atoms with E-state index in [4.69, 9.17) is 4.74 Å². The number of piperazine rings is 1. The van der Waals surface area contributed by atoms with Crippen molar-refractivity contribution in [2.75, 3.05) is 43.5 Å². The lowest BCUT2D eigenvalue weighted by atomic mass is 10.2. The van der Waals surface area contributed by atoms with Gasteiger partial charge < -0.3 is 19.9 Å². The highest BCUT2D eigenvalue weighted by Gasteiger charge is 2.22. The van der Waals surface area contributed by atoms with Gasteiger partial charge in [0.05, 0.1) is 12.7 Å². The topological polar surface area (TPSA) is 70.6 Å². The molecule has 1 amide bonds. The van der Waals surface area contributed by atoms with Crippen molar-refractivity contribution < 1.29 is 9.53 Å². The van der Waals surface area contributed by atoms with Crippen molar-refractivity contribution in [3.05, 3.63) is 72.6 Å². The monoisotopic (exact) mass is 389 g/mol. The third kappa shape index (κ3) is 4.45. The highest BCUT2D eigenvalue weighted by molar-refractivity contribution is 5.94. The van der Waals surface area contributed by atoms with Gasteiger partial charge in [0.25, 0.3) is 5.91 Å². The molecule has 0 radical (unpaired) electrons. The lowest BCUT2D eigenvalue weighted by molar-refractivity contribution is 0.0746. The molecule has 0 saturated carbocycles. The highest BCUT2D eigenvalue weighted by atomic mass is 16.5. The number of nitrogens with zero attached hydrogens (tertiary/aromatic N) is 4. The van der Waals surface area contributed by atoms with Crippen molar-refractivity contribution in [3.8, 4) is 5.75 Å². The first kappa shape index (κ1) is 18.7. The van der Waals surface area contributed by atoms with Crippen LogP contribution in [0.4, 0.5) is 17.3 Å². The second-order valence-corrected chi connectivity index (χ2v) is 6.76. The molecule has 4 rings (SSSR count). The molecule has 148 valence electrons. The number of amides is 1. The fourth-order valence-corrected chi connectivity index (χ4v) is 3.30. The van der Waals surface area contributed by atoms with Crippen LogP contribution >= 0.6 is 0 Å². The molecule has 0 atom stereocenters. The summed E-state index contributed by atoms with van der Waals surface area (Å²) in [6, 6.07) is 17.7. The third-order valence-corrected chi connectivity index (χ3v) is 4.93. The Morgan fingerprint density at radius 3 is 2.21 bits per heavy atom. The van der Waals surface area contributed by atoms with E-state index in [0.29, 0.717) is 24.6 Å². The van der Waals surface area contributed by atoms with E-state index in [1.807, 2.05) is 47.4 Å². The molecule has 2 aromatic carbocycles. The molecular formula is C22H23N5O2. The molecule has 1 N–H and O–H groups in total. The number of carbonyl (C=O) groups excluding carboxylic acids is 1. The maximum atomic E-state index is 12.8. The maximum Gasteiger partial charge on any atom is 0.257 e. The molecule has 7 nitrogen and oxygen atoms in total. The van der Waals surface area contributed by atoms with Crippen molar-refractivity contribution in [3.63, 3.8) is 0 Å². The Labute approximate surface area is 170 Å². The zero-order chi connectivity index (χ0) is 20.1. The van der Waals surface area contributed by atoms with Gasteiger partial charge in [-0.15, -0.1) is 0 Å². The molecule has 2 heterocycles. The van der Waals surface area contributed by atoms with Crippen LogP contribution in [0.1, 0.15) is 10.4 Å². The summed E-state index contributed by atoms with van der Waals surface area (Å²) in [6.45, 7) is 2.99. The number of anilines is 3. The summed E-state index contributed by atoms with van der Waals surface area (Å²) < 4.78 is 5.15. The Morgan fingerprint density at radius 2 is 1.59 bits per heavy atom. The number of aromatic nitrogens is 2. The van der Waals surface area contributed by atoms with E-state index in [2.05, 4.69) is 32.3 Å². The minimum atomic E-state index is -0.0336. The van der Waals surface area contributed by atoms with E-state index in [-0.39, 0.29) is 5.91 Å². The summed E-state index contributed by atoms with van der Waals surface area (Å²) in [4.78, 5) is 25.5. The van der Waals surface area contributed by atoms with Crippen LogP contribution in [0.2, 0.25) is 0 Å². The van der Waals surface area contributed by atoms with Crippen LogP contribution in [0.25, 0.3) is 0 Å². The second kappa shape index (κ2) is 8.60. The second-order valence-electron chi connectivity index (χ2n) is 6.76. The SMILES string of the molecule is COc1ccc(Nc2ncc(C(=O)N3CCN(c4ccccc4)CC3)cn2)cc1. The van der Waals surface area contributed by atoms with Gasteiger partial charge in [-0.3, -0.25) is 4.79 Å². The zero-order valence-electron chi connectivity index (χ0n) is 16.3. The lowest BCUT2D eigenvalue weighted by Crippen LogP contribution is -2.48. The van der Waals surface area contributed by atoms with Gasteiger partial charge >= 0.3 is 0 Å². The molecule has 1 aliphatic rings. The van der Waals surface area contributed by atoms with Gasteiger partial charge in [0, 0.05) is 49.9 Å². The van der Waals surface area contributed by atoms with Crippen LogP contribution in [0.3, 0.4) is 0 Å². The van der Waals surface area contributed by atoms with Gasteiger partial charge in [0.1, 0.15) is 5.75 Å². The molecule has 7 heteroatoms. The minimum absolute atomic E-state index is 0.0336. The van der Waals surface area contributed by atoms with Crippen molar-refractivity contribution in [2.24, 2.45) is 0 Å². The van der Waals surface area contributed by atoms with Gasteiger partial charge in [0.15, 0.2) is 0 Å². The average molecular weight is 389 g/mol. The first-order valence-electron chi connectivity index (χ1n) is 9.55. The van der Waals surface area contributed by atoms with Gasteiger partial charge in [0.2, 0.25) is 5.95 Å². The fourth-order valence-electron chi connectivity index (χ4n) is 3.30. The summed E-state index contributed by atoms with van der Waals surface area (Å²) in [7, 11) is 1.63. The smallest absolute Gasteiger partial charge is 0.257 e. The predicted octanol–water partition coefficient (Wildman–Crippen LogP) is 3.19. The molecule has 3 aromatic rings. The average Bonchev–Trinajstić information content (AvgIpc) is 2.80. The number of nitrogens with one attached hydrogen (secondary N) is 1. The number of hydrogen-bond donors (Lipinski definition) is 1. The minimum Gasteiger partial charge on any atom is -0.497 e. The van der Waals surface area contributed by atoms with Gasteiger partial charge in [-0.1, -0.05) is 18.2 Å². The van der Waals surface area contributed by atoms with Crippen LogP contribution in [0.15, 0.2) is 67.0 Å². The number of rotatable bonds is 5. The third-order valence-electron chi connectivity index (χ3n) is 4.93. The van der Waals surface area contributed by atoms with Crippen molar-refractivity contribution in [1.29, 1.82) is 0 Å². The van der Waals surface area contributed by atoms with Crippen LogP contribution in [0, 0.1) is 0 Å². The summed E-state index contributed by atoms with van der Waals surface area (Å²) in [5, 5.41) is 3.12. The molecule has 0 spiro atoms. The number of methoxy groups -OCH3 is 1. The number of carbonyl (C=O) groups is 1. The quantitative estimate of drug-likeness (QED) is 0.723. The first-order valence-corrected chi connectivity index (χ1v) is 9.55. The molecule has 1 aromatic heterocycles. The molecule has 0 bridgehead atoms. The summed E-state index contributed by atoms with van der Waals surface area (Å²) in [6.07, 6.45) is 3.15. The number of hydrogen-bond acceptors (Lipinski definition) is 6. The number of para-hydroxylation sites is 1. The Bertz CT molecular complexity index is 937. The van der Waals surface area contributed by atoms with E-state index < -0.39 is 0 Å². The van der Waals surface area contributed by atoms with Crippen LogP contribution in [-0.4, -0.2) is 54.1 Å². The lowest BCUT2D eigenvalue weighted by Gasteiger charge is -2.36. The fraction of sp³-hybridized carbons (Fsp3) is 0.227. The van der Waals surface area contributed by atoms with Crippen LogP contribution < -0.4 is 15.0 Å². The van der Waals surface area contributed by atoms with Gasteiger partial charge in [-0.2, -0.15) is 0 Å². The van der Waals surface area contributed by atoms with E-state index in [1.54, 1.807) is 19.5 Å². The molecule has 29 heavy (non-hydrogen) atoms. The normalized spacial score (nSPS) is 13.8. The predicted molar refractivity (Wildman–Crippen MR) is 113 cm³/mol. The van der Waals surface area contributed by atoms with E-state index in [0.717, 1.165) is 24.5 Å². The molecule has 1 fully saturated rings. The standard InChI is InChI=1S/C22H23N5O2/c1-29-20-9-7-18(8-10-20)25-22-23-15-17(16-24-22)21(28)27-13-11-26(12-14-27)19-5-3-2-4-6-19/h2-10,15-16H,11-14H2,1H3,(H,23,24,25). The molecule has 1 saturated heterocycles. The number of ether oxygens (including phenoxy) is 1. The van der Waals surface area contributed by atoms with E-state index in [9.17, 15) is 4.79 Å². The molecule has 0 unspecified atom stereocenters. The summed E-state index contributed by atoms with van der Waals surface area (Å²) in [5.41, 5.74) is 2.54. The Morgan fingerprint density at radius 1 is 0.931 bits per heavy atom. The van der Waals surface area contributed by atoms with E-state index in [1.165, 1.54) is 5.69 Å². The maximum absolute atomic E-state index is 12.8. The first-order chi connectivity index (χ1) is 14.2. The largest absolute Gasteiger partial charge is 0.497 e. The molecule has 1 aliphatic heterocycles. The Balaban J connectivity index is 1.34. The van der Waals surface area contributed by atoms with Crippen molar-refractivity contribution in [1.82, 2.24) is 14.9 Å². The Kier molecular flexibility index (Phi) is 5.56. The zero-order valence-corrected chi connectivity index (χ0v) is 16.3.